The number of phenols is 1. The lowest BCUT2D eigenvalue weighted by molar-refractivity contribution is 0.228. The molecule has 0 fully saturated rings. The number of aromatic hydroxyl groups is 1. The average molecular weight is 536 g/mol. The maximum absolute atomic E-state index is 9.61. The molecular weight excluding hydrogens is 488 g/mol. The lowest BCUT2D eigenvalue weighted by Gasteiger charge is -2.11. The van der Waals surface area contributed by atoms with E-state index < -0.39 is 0 Å². The molecule has 1 N–H and O–H groups in total. The van der Waals surface area contributed by atoms with Crippen LogP contribution in [-0.2, 0) is 21.4 Å². The molecule has 1 atom stereocenters. The van der Waals surface area contributed by atoms with Gasteiger partial charge in [0.15, 0.2) is 9.79 Å². The molecule has 0 radical (unpaired) electrons. The molecule has 0 aliphatic rings. The fourth-order valence-electron chi connectivity index (χ4n) is 3.05. The number of benzene rings is 3. The zero-order valence-corrected chi connectivity index (χ0v) is 25.1. The summed E-state index contributed by atoms with van der Waals surface area (Å²) in [6.45, 7) is 19.9. The molecule has 3 aromatic carbocycles. The largest absolute Gasteiger partial charge is 0.508 e. The van der Waals surface area contributed by atoms with Crippen molar-refractivity contribution in [1.29, 1.82) is 0 Å². The highest BCUT2D eigenvalue weighted by molar-refractivity contribution is 7.96. The molecule has 0 amide bonds. The number of hydrogen-bond acceptors (Lipinski definition) is 3. The molecule has 1 unspecified atom stereocenters. The minimum atomic E-state index is -0.0981. The van der Waals surface area contributed by atoms with Gasteiger partial charge in [0.1, 0.15) is 17.3 Å². The molecule has 0 heterocycles. The Morgan fingerprint density at radius 3 is 1.87 bits per heavy atom. The lowest BCUT2D eigenvalue weighted by atomic mass is 10.2. The normalized spacial score (nSPS) is 10.6. The zero-order valence-electron chi connectivity index (χ0n) is 24.3. The minimum Gasteiger partial charge on any atom is -0.508 e. The van der Waals surface area contributed by atoms with Gasteiger partial charge in [-0.1, -0.05) is 89.4 Å². The first kappa shape index (κ1) is 34.8. The van der Waals surface area contributed by atoms with Gasteiger partial charge in [0.05, 0.1) is 23.6 Å². The van der Waals surface area contributed by atoms with E-state index in [2.05, 4.69) is 49.6 Å². The first-order valence-corrected chi connectivity index (χ1v) is 14.6. The predicted molar refractivity (Wildman–Crippen MR) is 167 cm³/mol. The maximum atomic E-state index is 9.61. The standard InChI is InChI=1S/C22H22O2S.C8H12O.2C2H6/c1-17(2)24-20-10-14-22(15-11-20)25(16-18-6-4-3-5-7-18)21-12-8-19(23)9-13-21;1-4-5-6-8(2)7-9-3;2*1-2/h3-15,17H,16H2,1-2H3;4-6H,1-2,7H2,3H3;2*1-2H3/p+1/b;6-5-;;. The fourth-order valence-corrected chi connectivity index (χ4v) is 5.11. The summed E-state index contributed by atoms with van der Waals surface area (Å²) in [5.41, 5.74) is 2.26. The van der Waals surface area contributed by atoms with Gasteiger partial charge in [-0.3, -0.25) is 0 Å². The number of hydrogen-bond donors (Lipinski definition) is 1. The maximum Gasteiger partial charge on any atom is 0.161 e. The van der Waals surface area contributed by atoms with Crippen LogP contribution in [0.4, 0.5) is 0 Å². The Labute approximate surface area is 234 Å². The van der Waals surface area contributed by atoms with E-state index in [4.69, 9.17) is 9.47 Å². The smallest absolute Gasteiger partial charge is 0.161 e. The minimum absolute atomic E-state index is 0.0981. The second-order valence-corrected chi connectivity index (χ2v) is 9.85. The number of allylic oxidation sites excluding steroid dienone is 2. The molecule has 0 spiro atoms. The van der Waals surface area contributed by atoms with E-state index in [0.29, 0.717) is 12.4 Å². The van der Waals surface area contributed by atoms with Crippen molar-refractivity contribution in [3.05, 3.63) is 121 Å². The average Bonchev–Trinajstić information content (AvgIpc) is 2.95. The monoisotopic (exact) mass is 535 g/mol. The van der Waals surface area contributed by atoms with Crippen molar-refractivity contribution in [1.82, 2.24) is 0 Å². The molecular formula is C34H47O3S+. The van der Waals surface area contributed by atoms with Gasteiger partial charge in [-0.05, 0) is 68.0 Å². The van der Waals surface area contributed by atoms with E-state index >= 15 is 0 Å². The molecule has 0 bridgehead atoms. The molecule has 0 saturated carbocycles. The van der Waals surface area contributed by atoms with Gasteiger partial charge < -0.3 is 14.6 Å². The molecule has 38 heavy (non-hydrogen) atoms. The van der Waals surface area contributed by atoms with E-state index in [1.165, 1.54) is 15.4 Å². The Hall–Kier alpha value is -3.21. The van der Waals surface area contributed by atoms with Gasteiger partial charge in [0.25, 0.3) is 0 Å². The summed E-state index contributed by atoms with van der Waals surface area (Å²) in [4.78, 5) is 2.49. The predicted octanol–water partition coefficient (Wildman–Crippen LogP) is 9.40. The Balaban J connectivity index is 0.000000891. The van der Waals surface area contributed by atoms with Crippen molar-refractivity contribution < 1.29 is 14.6 Å². The third kappa shape index (κ3) is 14.5. The topological polar surface area (TPSA) is 38.7 Å². The van der Waals surface area contributed by atoms with Crippen molar-refractivity contribution in [3.8, 4) is 11.5 Å². The van der Waals surface area contributed by atoms with Crippen LogP contribution in [0, 0.1) is 0 Å². The molecule has 3 aromatic rings. The molecule has 0 aliphatic heterocycles. The van der Waals surface area contributed by atoms with E-state index in [-0.39, 0.29) is 17.0 Å². The van der Waals surface area contributed by atoms with Crippen molar-refractivity contribution in [2.24, 2.45) is 0 Å². The van der Waals surface area contributed by atoms with Crippen LogP contribution in [0.3, 0.4) is 0 Å². The molecule has 3 nitrogen and oxygen atoms in total. The highest BCUT2D eigenvalue weighted by Crippen LogP contribution is 2.30. The molecule has 0 aliphatic carbocycles. The summed E-state index contributed by atoms with van der Waals surface area (Å²) < 4.78 is 10.6. The van der Waals surface area contributed by atoms with Crippen LogP contribution in [0.1, 0.15) is 47.1 Å². The molecule has 0 aromatic heterocycles. The SMILES string of the molecule is C=C/C=C\C(=C)COC.CC.CC.CC(C)Oc1ccc([S+](Cc2ccccc2)c2ccc(O)cc2)cc1. The highest BCUT2D eigenvalue weighted by Gasteiger charge is 2.26. The van der Waals surface area contributed by atoms with Gasteiger partial charge in [-0.25, -0.2) is 0 Å². The number of ether oxygens (including phenoxy) is 2. The Morgan fingerprint density at radius 2 is 1.39 bits per heavy atom. The second-order valence-electron chi connectivity index (χ2n) is 7.84. The van der Waals surface area contributed by atoms with E-state index in [1.807, 2.05) is 84.0 Å². The zero-order chi connectivity index (χ0) is 28.8. The lowest BCUT2D eigenvalue weighted by Crippen LogP contribution is -2.08. The summed E-state index contributed by atoms with van der Waals surface area (Å²) in [6.07, 6.45) is 5.59. The van der Waals surface area contributed by atoms with Crippen molar-refractivity contribution in [3.63, 3.8) is 0 Å². The number of rotatable bonds is 10. The molecule has 3 rings (SSSR count). The van der Waals surface area contributed by atoms with E-state index in [1.54, 1.807) is 25.3 Å². The summed E-state index contributed by atoms with van der Waals surface area (Å²) in [7, 11) is 1.55. The van der Waals surface area contributed by atoms with E-state index in [0.717, 1.165) is 17.1 Å². The van der Waals surface area contributed by atoms with Gasteiger partial charge in [-0.2, -0.15) is 0 Å². The Kier molecular flexibility index (Phi) is 20.0. The summed E-state index contributed by atoms with van der Waals surface area (Å²) in [6, 6.07) is 26.5. The number of methoxy groups -OCH3 is 1. The van der Waals surface area contributed by atoms with Crippen LogP contribution < -0.4 is 4.74 Å². The first-order chi connectivity index (χ1) is 18.4. The summed E-state index contributed by atoms with van der Waals surface area (Å²) >= 11 is 0. The van der Waals surface area contributed by atoms with Crippen molar-refractivity contribution in [2.75, 3.05) is 13.7 Å². The van der Waals surface area contributed by atoms with E-state index in [9.17, 15) is 5.11 Å². The van der Waals surface area contributed by atoms with Crippen LogP contribution in [0.25, 0.3) is 0 Å². The Morgan fingerprint density at radius 1 is 0.868 bits per heavy atom. The van der Waals surface area contributed by atoms with Crippen molar-refractivity contribution >= 4 is 10.9 Å². The fraction of sp³-hybridized carbons (Fsp3) is 0.294. The van der Waals surface area contributed by atoms with Crippen LogP contribution >= 0.6 is 0 Å². The first-order valence-electron chi connectivity index (χ1n) is 13.2. The van der Waals surface area contributed by atoms with Crippen LogP contribution in [0.15, 0.2) is 126 Å². The number of phenolic OH excluding ortho intramolecular Hbond substituents is 1. The second kappa shape index (κ2) is 21.8. The molecule has 4 heteroatoms. The highest BCUT2D eigenvalue weighted by atomic mass is 32.2. The van der Waals surface area contributed by atoms with Gasteiger partial charge in [0, 0.05) is 12.7 Å². The Bertz CT molecular complexity index is 1020. The summed E-state index contributed by atoms with van der Waals surface area (Å²) in [5, 5.41) is 9.61. The summed E-state index contributed by atoms with van der Waals surface area (Å²) in [5.74, 6) is 2.14. The van der Waals surface area contributed by atoms with Crippen LogP contribution in [-0.4, -0.2) is 24.9 Å². The quantitative estimate of drug-likeness (QED) is 0.208. The van der Waals surface area contributed by atoms with Gasteiger partial charge >= 0.3 is 0 Å². The third-order valence-corrected chi connectivity index (χ3v) is 6.86. The molecule has 0 saturated heterocycles. The van der Waals surface area contributed by atoms with Crippen molar-refractivity contribution in [2.45, 2.75) is 63.2 Å². The van der Waals surface area contributed by atoms with Crippen LogP contribution in [0.2, 0.25) is 0 Å². The molecule has 206 valence electrons. The van der Waals surface area contributed by atoms with Gasteiger partial charge in [0.2, 0.25) is 0 Å². The van der Waals surface area contributed by atoms with Gasteiger partial charge in [-0.15, -0.1) is 0 Å². The van der Waals surface area contributed by atoms with Crippen LogP contribution in [0.5, 0.6) is 11.5 Å². The third-order valence-electron chi connectivity index (χ3n) is 4.55.